The second-order valence-corrected chi connectivity index (χ2v) is 12.2. The molecule has 0 amide bonds. The van der Waals surface area contributed by atoms with Crippen molar-refractivity contribution in [2.75, 3.05) is 38.3 Å². The SMILES string of the molecule is COc1cc(C)c(S(=O)(=O)N2CCCCC2COc2nccc(N3CCC(Oc4ccccn4)CC3)n2)c(C)c1. The molecule has 1 aromatic carbocycles. The second kappa shape index (κ2) is 12.4. The van der Waals surface area contributed by atoms with Crippen LogP contribution in [0.4, 0.5) is 5.82 Å². The van der Waals surface area contributed by atoms with Crippen LogP contribution in [-0.2, 0) is 10.0 Å². The van der Waals surface area contributed by atoms with Crippen molar-refractivity contribution < 1.29 is 22.6 Å². The number of ether oxygens (including phenoxy) is 3. The summed E-state index contributed by atoms with van der Waals surface area (Å²) in [5.74, 6) is 2.09. The van der Waals surface area contributed by atoms with Crippen LogP contribution in [0.3, 0.4) is 0 Å². The number of aromatic nitrogens is 3. The van der Waals surface area contributed by atoms with Gasteiger partial charge in [-0.05, 0) is 62.1 Å². The Morgan fingerprint density at radius 3 is 2.42 bits per heavy atom. The quantitative estimate of drug-likeness (QED) is 0.377. The molecule has 3 aromatic rings. The first kappa shape index (κ1) is 28.1. The van der Waals surface area contributed by atoms with Gasteiger partial charge in [-0.15, -0.1) is 0 Å². The van der Waals surface area contributed by atoms with Crippen molar-refractivity contribution in [2.45, 2.75) is 63.0 Å². The Bertz CT molecular complexity index is 1370. The van der Waals surface area contributed by atoms with Crippen LogP contribution in [0.5, 0.6) is 17.6 Å². The molecule has 2 aliphatic heterocycles. The van der Waals surface area contributed by atoms with Gasteiger partial charge in [0.2, 0.25) is 15.9 Å². The van der Waals surface area contributed by atoms with E-state index < -0.39 is 10.0 Å². The van der Waals surface area contributed by atoms with Gasteiger partial charge in [0.25, 0.3) is 0 Å². The maximum absolute atomic E-state index is 13.8. The summed E-state index contributed by atoms with van der Waals surface area (Å²) >= 11 is 0. The van der Waals surface area contributed by atoms with Crippen LogP contribution in [0.2, 0.25) is 0 Å². The average Bonchev–Trinajstić information content (AvgIpc) is 2.97. The molecular weight excluding hydrogens is 530 g/mol. The Kier molecular flexibility index (Phi) is 8.70. The van der Waals surface area contributed by atoms with Crippen LogP contribution in [-0.4, -0.2) is 73.2 Å². The average molecular weight is 568 g/mol. The molecule has 5 rings (SSSR count). The molecule has 2 fully saturated rings. The summed E-state index contributed by atoms with van der Waals surface area (Å²) in [5, 5.41) is 0. The number of nitrogens with zero attached hydrogens (tertiary/aromatic N) is 5. The molecule has 1 atom stereocenters. The fourth-order valence-electron chi connectivity index (χ4n) is 5.55. The minimum atomic E-state index is -3.72. The molecule has 2 aromatic heterocycles. The summed E-state index contributed by atoms with van der Waals surface area (Å²) in [5.41, 5.74) is 1.35. The molecule has 0 bridgehead atoms. The third kappa shape index (κ3) is 6.31. The molecule has 10 nitrogen and oxygen atoms in total. The fourth-order valence-corrected chi connectivity index (χ4v) is 7.64. The van der Waals surface area contributed by atoms with Gasteiger partial charge in [0, 0.05) is 50.9 Å². The number of benzene rings is 1. The maximum Gasteiger partial charge on any atom is 0.318 e. The number of piperidine rings is 2. The molecule has 1 unspecified atom stereocenters. The zero-order valence-electron chi connectivity index (χ0n) is 23.3. The Labute approximate surface area is 236 Å². The van der Waals surface area contributed by atoms with Gasteiger partial charge >= 0.3 is 6.01 Å². The third-order valence-corrected chi connectivity index (χ3v) is 9.78. The van der Waals surface area contributed by atoms with Gasteiger partial charge in [0.15, 0.2) is 0 Å². The summed E-state index contributed by atoms with van der Waals surface area (Å²) in [7, 11) is -2.14. The lowest BCUT2D eigenvalue weighted by atomic mass is 10.1. The van der Waals surface area contributed by atoms with Crippen molar-refractivity contribution in [3.63, 3.8) is 0 Å². The molecule has 2 saturated heterocycles. The molecule has 4 heterocycles. The predicted octanol–water partition coefficient (Wildman–Crippen LogP) is 4.17. The number of hydrogen-bond acceptors (Lipinski definition) is 9. The predicted molar refractivity (Wildman–Crippen MR) is 152 cm³/mol. The third-order valence-electron chi connectivity index (χ3n) is 7.52. The molecule has 11 heteroatoms. The lowest BCUT2D eigenvalue weighted by molar-refractivity contribution is 0.159. The molecule has 0 radical (unpaired) electrons. The van der Waals surface area contributed by atoms with E-state index in [1.54, 1.807) is 35.9 Å². The van der Waals surface area contributed by atoms with E-state index in [-0.39, 0.29) is 24.8 Å². The molecule has 40 heavy (non-hydrogen) atoms. The minimum Gasteiger partial charge on any atom is -0.497 e. The summed E-state index contributed by atoms with van der Waals surface area (Å²) in [4.78, 5) is 15.7. The topological polar surface area (TPSA) is 107 Å². The van der Waals surface area contributed by atoms with E-state index in [9.17, 15) is 8.42 Å². The van der Waals surface area contributed by atoms with Gasteiger partial charge < -0.3 is 19.1 Å². The summed E-state index contributed by atoms with van der Waals surface area (Å²) in [6, 6.07) is 11.0. The summed E-state index contributed by atoms with van der Waals surface area (Å²) in [6.07, 6.45) is 7.72. The molecule has 0 saturated carbocycles. The molecule has 0 spiro atoms. The van der Waals surface area contributed by atoms with E-state index in [1.165, 1.54) is 0 Å². The number of aryl methyl sites for hydroxylation is 2. The van der Waals surface area contributed by atoms with Gasteiger partial charge in [0.05, 0.1) is 18.0 Å². The van der Waals surface area contributed by atoms with Crippen molar-refractivity contribution in [3.8, 4) is 17.6 Å². The Morgan fingerprint density at radius 2 is 1.73 bits per heavy atom. The van der Waals surface area contributed by atoms with Crippen LogP contribution in [0.15, 0.2) is 53.7 Å². The highest BCUT2D eigenvalue weighted by molar-refractivity contribution is 7.89. The van der Waals surface area contributed by atoms with Crippen molar-refractivity contribution in [3.05, 3.63) is 59.9 Å². The van der Waals surface area contributed by atoms with Crippen molar-refractivity contribution in [2.24, 2.45) is 0 Å². The van der Waals surface area contributed by atoms with Gasteiger partial charge in [-0.2, -0.15) is 9.29 Å². The first-order chi connectivity index (χ1) is 19.3. The van der Waals surface area contributed by atoms with Gasteiger partial charge in [-0.3, -0.25) is 0 Å². The van der Waals surface area contributed by atoms with E-state index in [0.29, 0.717) is 34.2 Å². The molecule has 214 valence electrons. The van der Waals surface area contributed by atoms with Crippen LogP contribution in [0, 0.1) is 13.8 Å². The highest BCUT2D eigenvalue weighted by atomic mass is 32.2. The monoisotopic (exact) mass is 567 g/mol. The van der Waals surface area contributed by atoms with E-state index in [4.69, 9.17) is 14.2 Å². The second-order valence-electron chi connectivity index (χ2n) is 10.3. The van der Waals surface area contributed by atoms with Crippen LogP contribution < -0.4 is 19.1 Å². The number of hydrogen-bond donors (Lipinski definition) is 0. The molecule has 0 N–H and O–H groups in total. The number of methoxy groups -OCH3 is 1. The van der Waals surface area contributed by atoms with E-state index in [1.807, 2.05) is 38.1 Å². The Morgan fingerprint density at radius 1 is 0.950 bits per heavy atom. The van der Waals surface area contributed by atoms with E-state index in [0.717, 1.165) is 51.0 Å². The highest BCUT2D eigenvalue weighted by Crippen LogP contribution is 2.32. The van der Waals surface area contributed by atoms with Crippen LogP contribution in [0.1, 0.15) is 43.2 Å². The van der Waals surface area contributed by atoms with Crippen LogP contribution in [0.25, 0.3) is 0 Å². The van der Waals surface area contributed by atoms with Crippen LogP contribution >= 0.6 is 0 Å². The zero-order chi connectivity index (χ0) is 28.1. The Balaban J connectivity index is 1.23. The largest absolute Gasteiger partial charge is 0.497 e. The fraction of sp³-hybridized carbons (Fsp3) is 0.483. The number of anilines is 1. The normalized spacial score (nSPS) is 18.9. The number of rotatable bonds is 9. The molecular formula is C29H37N5O5S. The molecule has 0 aliphatic carbocycles. The van der Waals surface area contributed by atoms with E-state index >= 15 is 0 Å². The first-order valence-corrected chi connectivity index (χ1v) is 15.2. The number of sulfonamides is 1. The maximum atomic E-state index is 13.8. The summed E-state index contributed by atoms with van der Waals surface area (Å²) in [6.45, 7) is 5.86. The van der Waals surface area contributed by atoms with Gasteiger partial charge in [0.1, 0.15) is 24.3 Å². The summed E-state index contributed by atoms with van der Waals surface area (Å²) < 4.78 is 46.6. The van der Waals surface area contributed by atoms with Crippen molar-refractivity contribution >= 4 is 15.8 Å². The van der Waals surface area contributed by atoms with E-state index in [2.05, 4.69) is 19.9 Å². The molecule has 2 aliphatic rings. The lowest BCUT2D eigenvalue weighted by Gasteiger charge is -2.35. The lowest BCUT2D eigenvalue weighted by Crippen LogP contribution is -2.47. The van der Waals surface area contributed by atoms with Crippen molar-refractivity contribution in [1.82, 2.24) is 19.3 Å². The van der Waals surface area contributed by atoms with Gasteiger partial charge in [-0.25, -0.2) is 18.4 Å². The smallest absolute Gasteiger partial charge is 0.318 e. The minimum absolute atomic E-state index is 0.112. The standard InChI is InChI=1S/C29H37N5O5S/c1-21-18-25(37-3)19-22(2)28(21)40(35,36)34-15-7-5-8-23(34)20-38-29-31-14-10-26(32-29)33-16-11-24(12-17-33)39-27-9-4-6-13-30-27/h4,6,9-10,13-14,18-19,23-24H,5,7-8,11-12,15-17,20H2,1-3H3. The number of pyridine rings is 1. The zero-order valence-corrected chi connectivity index (χ0v) is 24.1. The first-order valence-electron chi connectivity index (χ1n) is 13.8. The van der Waals surface area contributed by atoms with Gasteiger partial charge in [-0.1, -0.05) is 12.5 Å². The Hall–Kier alpha value is -3.44. The van der Waals surface area contributed by atoms with Crippen molar-refractivity contribution in [1.29, 1.82) is 0 Å². The highest BCUT2D eigenvalue weighted by Gasteiger charge is 2.36.